The highest BCUT2D eigenvalue weighted by atomic mass is 16.4. The van der Waals surface area contributed by atoms with E-state index in [1.54, 1.807) is 6.08 Å². The van der Waals surface area contributed by atoms with Crippen LogP contribution in [-0.4, -0.2) is 27.1 Å². The van der Waals surface area contributed by atoms with E-state index in [4.69, 9.17) is 5.11 Å². The highest BCUT2D eigenvalue weighted by Gasteiger charge is 2.17. The van der Waals surface area contributed by atoms with Crippen LogP contribution in [0.2, 0.25) is 0 Å². The highest BCUT2D eigenvalue weighted by molar-refractivity contribution is 5.76. The Morgan fingerprint density at radius 1 is 1.56 bits per heavy atom. The molecule has 0 amide bonds. The van der Waals surface area contributed by atoms with Gasteiger partial charge >= 0.3 is 5.97 Å². The number of aliphatic carboxylic acids is 1. The lowest BCUT2D eigenvalue weighted by Crippen LogP contribution is -2.29. The molecule has 1 rings (SSSR count). The van der Waals surface area contributed by atoms with E-state index in [0.717, 1.165) is 11.4 Å². The van der Waals surface area contributed by atoms with Crippen molar-refractivity contribution >= 4 is 11.9 Å². The maximum absolute atomic E-state index is 11.0. The molecule has 0 radical (unpaired) electrons. The van der Waals surface area contributed by atoms with Gasteiger partial charge in [-0.3, -0.25) is 0 Å². The van der Waals surface area contributed by atoms with Gasteiger partial charge in [-0.05, 0) is 25.3 Å². The molecule has 0 fully saturated rings. The highest BCUT2D eigenvalue weighted by Crippen LogP contribution is 2.15. The molecule has 98 valence electrons. The zero-order chi connectivity index (χ0) is 13.7. The number of hydrogen-bond donors (Lipinski definition) is 2. The molecule has 5 nitrogen and oxygen atoms in total. The van der Waals surface area contributed by atoms with Crippen LogP contribution in [0.5, 0.6) is 0 Å². The topological polar surface area (TPSA) is 75.1 Å². The lowest BCUT2D eigenvalue weighted by atomic mass is 10.1. The Balaban J connectivity index is 2.95. The van der Waals surface area contributed by atoms with Crippen molar-refractivity contribution in [3.8, 4) is 0 Å². The third-order valence-corrected chi connectivity index (χ3v) is 2.47. The van der Waals surface area contributed by atoms with Crippen LogP contribution in [0.25, 0.3) is 0 Å². The molecule has 0 bridgehead atoms. The van der Waals surface area contributed by atoms with E-state index in [0.29, 0.717) is 12.4 Å². The van der Waals surface area contributed by atoms with Crippen molar-refractivity contribution in [3.05, 3.63) is 30.1 Å². The van der Waals surface area contributed by atoms with Gasteiger partial charge < -0.3 is 10.4 Å². The van der Waals surface area contributed by atoms with Gasteiger partial charge in [0.2, 0.25) is 5.95 Å². The number of anilines is 1. The van der Waals surface area contributed by atoms with Crippen LogP contribution in [0.1, 0.15) is 37.6 Å². The normalized spacial score (nSPS) is 12.2. The molecule has 1 heterocycles. The molecule has 0 saturated heterocycles. The average Bonchev–Trinajstić information content (AvgIpc) is 2.27. The SMILES string of the molecule is C=CCC(Nc1nc(C)cc(C(C)C)n1)C(=O)O. The van der Waals surface area contributed by atoms with Gasteiger partial charge in [0.05, 0.1) is 0 Å². The second-order valence-electron chi connectivity index (χ2n) is 4.47. The van der Waals surface area contributed by atoms with Gasteiger partial charge in [0, 0.05) is 11.4 Å². The number of carboxylic acids is 1. The molecule has 0 aromatic carbocycles. The summed E-state index contributed by atoms with van der Waals surface area (Å²) in [4.78, 5) is 19.6. The first kappa shape index (κ1) is 14.2. The summed E-state index contributed by atoms with van der Waals surface area (Å²) in [6.07, 6.45) is 1.88. The predicted molar refractivity (Wildman–Crippen MR) is 70.7 cm³/mol. The van der Waals surface area contributed by atoms with E-state index in [-0.39, 0.29) is 5.92 Å². The Morgan fingerprint density at radius 3 is 2.72 bits per heavy atom. The molecule has 0 saturated carbocycles. The molecule has 1 unspecified atom stereocenters. The standard InChI is InChI=1S/C13H19N3O2/c1-5-6-10(12(17)18)15-13-14-9(4)7-11(16-13)8(2)3/h5,7-8,10H,1,6H2,2-4H3,(H,17,18)(H,14,15,16). The van der Waals surface area contributed by atoms with E-state index in [2.05, 4.69) is 21.9 Å². The Kier molecular flexibility index (Phi) is 4.83. The van der Waals surface area contributed by atoms with Crippen molar-refractivity contribution < 1.29 is 9.90 Å². The lowest BCUT2D eigenvalue weighted by Gasteiger charge is -2.14. The molecule has 0 aliphatic rings. The van der Waals surface area contributed by atoms with E-state index < -0.39 is 12.0 Å². The Hall–Kier alpha value is -1.91. The number of nitrogens with zero attached hydrogens (tertiary/aromatic N) is 2. The second kappa shape index (κ2) is 6.14. The largest absolute Gasteiger partial charge is 0.480 e. The summed E-state index contributed by atoms with van der Waals surface area (Å²) in [7, 11) is 0. The molecule has 1 aromatic rings. The van der Waals surface area contributed by atoms with Crippen LogP contribution in [0, 0.1) is 6.92 Å². The molecule has 2 N–H and O–H groups in total. The molecule has 1 aromatic heterocycles. The van der Waals surface area contributed by atoms with Crippen molar-refractivity contribution in [2.75, 3.05) is 5.32 Å². The average molecular weight is 249 g/mol. The van der Waals surface area contributed by atoms with Crippen LogP contribution in [0.4, 0.5) is 5.95 Å². The summed E-state index contributed by atoms with van der Waals surface area (Å²) in [5.41, 5.74) is 1.71. The number of aryl methyl sites for hydroxylation is 1. The lowest BCUT2D eigenvalue weighted by molar-refractivity contribution is -0.137. The van der Waals surface area contributed by atoms with Gasteiger partial charge in [-0.1, -0.05) is 19.9 Å². The molecule has 0 aliphatic heterocycles. The van der Waals surface area contributed by atoms with Gasteiger partial charge in [0.15, 0.2) is 0 Å². The number of hydrogen-bond acceptors (Lipinski definition) is 4. The van der Waals surface area contributed by atoms with Crippen molar-refractivity contribution in [2.24, 2.45) is 0 Å². The first-order chi connectivity index (χ1) is 8.43. The zero-order valence-corrected chi connectivity index (χ0v) is 11.0. The Bertz CT molecular complexity index is 444. The summed E-state index contributed by atoms with van der Waals surface area (Å²) in [5.74, 6) is -0.311. The first-order valence-electron chi connectivity index (χ1n) is 5.89. The number of carboxylic acid groups (broad SMARTS) is 1. The molecule has 18 heavy (non-hydrogen) atoms. The second-order valence-corrected chi connectivity index (χ2v) is 4.47. The van der Waals surface area contributed by atoms with Crippen LogP contribution in [0.15, 0.2) is 18.7 Å². The number of aromatic nitrogens is 2. The Morgan fingerprint density at radius 2 is 2.22 bits per heavy atom. The minimum absolute atomic E-state index is 0.273. The smallest absolute Gasteiger partial charge is 0.326 e. The quantitative estimate of drug-likeness (QED) is 0.757. The van der Waals surface area contributed by atoms with Crippen LogP contribution in [-0.2, 0) is 4.79 Å². The first-order valence-corrected chi connectivity index (χ1v) is 5.89. The minimum atomic E-state index is -0.939. The van der Waals surface area contributed by atoms with Crippen molar-refractivity contribution in [3.63, 3.8) is 0 Å². The minimum Gasteiger partial charge on any atom is -0.480 e. The van der Waals surface area contributed by atoms with Crippen LogP contribution in [0.3, 0.4) is 0 Å². The molecular formula is C13H19N3O2. The third kappa shape index (κ3) is 3.84. The number of carbonyl (C=O) groups is 1. The predicted octanol–water partition coefficient (Wildman–Crippen LogP) is 2.35. The van der Waals surface area contributed by atoms with Gasteiger partial charge in [0.1, 0.15) is 6.04 Å². The summed E-state index contributed by atoms with van der Waals surface area (Å²) in [6, 6.07) is 1.16. The van der Waals surface area contributed by atoms with E-state index in [9.17, 15) is 4.79 Å². The summed E-state index contributed by atoms with van der Waals surface area (Å²) < 4.78 is 0. The van der Waals surface area contributed by atoms with E-state index in [1.807, 2.05) is 26.8 Å². The maximum atomic E-state index is 11.0. The zero-order valence-electron chi connectivity index (χ0n) is 11.0. The molecule has 5 heteroatoms. The van der Waals surface area contributed by atoms with Gasteiger partial charge in [-0.15, -0.1) is 6.58 Å². The fourth-order valence-electron chi connectivity index (χ4n) is 1.50. The number of rotatable bonds is 6. The molecule has 0 spiro atoms. The Labute approximate surface area is 107 Å². The van der Waals surface area contributed by atoms with E-state index >= 15 is 0 Å². The van der Waals surface area contributed by atoms with E-state index in [1.165, 1.54) is 0 Å². The number of nitrogens with one attached hydrogen (secondary N) is 1. The summed E-state index contributed by atoms with van der Waals surface area (Å²) >= 11 is 0. The van der Waals surface area contributed by atoms with Crippen molar-refractivity contribution in [1.29, 1.82) is 0 Å². The summed E-state index contributed by atoms with van der Waals surface area (Å²) in [5, 5.41) is 11.9. The maximum Gasteiger partial charge on any atom is 0.326 e. The van der Waals surface area contributed by atoms with Crippen molar-refractivity contribution in [1.82, 2.24) is 9.97 Å². The third-order valence-electron chi connectivity index (χ3n) is 2.47. The van der Waals surface area contributed by atoms with Gasteiger partial charge in [-0.2, -0.15) is 0 Å². The van der Waals surface area contributed by atoms with Crippen LogP contribution >= 0.6 is 0 Å². The molecule has 1 atom stereocenters. The van der Waals surface area contributed by atoms with Gasteiger partial charge in [0.25, 0.3) is 0 Å². The van der Waals surface area contributed by atoms with Gasteiger partial charge in [-0.25, -0.2) is 14.8 Å². The fourth-order valence-corrected chi connectivity index (χ4v) is 1.50. The fraction of sp³-hybridized carbons (Fsp3) is 0.462. The van der Waals surface area contributed by atoms with Crippen molar-refractivity contribution in [2.45, 2.75) is 39.2 Å². The monoisotopic (exact) mass is 249 g/mol. The summed E-state index contributed by atoms with van der Waals surface area (Å²) in [6.45, 7) is 9.47. The molecular weight excluding hydrogens is 230 g/mol. The molecule has 0 aliphatic carbocycles. The van der Waals surface area contributed by atoms with Crippen LogP contribution < -0.4 is 5.32 Å².